The van der Waals surface area contributed by atoms with Gasteiger partial charge in [-0.3, -0.25) is 4.99 Å². The smallest absolute Gasteiger partial charge is 0.117 e. The van der Waals surface area contributed by atoms with Crippen molar-refractivity contribution in [2.75, 3.05) is 12.0 Å². The topological polar surface area (TPSA) is 29.3 Å². The van der Waals surface area contributed by atoms with E-state index in [1.807, 2.05) is 24.0 Å². The van der Waals surface area contributed by atoms with Crippen LogP contribution in [0.2, 0.25) is 0 Å². The molecule has 0 saturated carbocycles. The number of hydrogen-bond donors (Lipinski definition) is 1. The minimum atomic E-state index is 0.678. The van der Waals surface area contributed by atoms with Crippen LogP contribution in [0.3, 0.4) is 0 Å². The van der Waals surface area contributed by atoms with E-state index in [2.05, 4.69) is 26.2 Å². The van der Waals surface area contributed by atoms with Crippen molar-refractivity contribution in [2.45, 2.75) is 0 Å². The number of aryl methyl sites for hydroxylation is 1. The molecule has 0 atom stereocenters. The molecule has 2 rings (SSSR count). The molecule has 3 nitrogen and oxygen atoms in total. The molecule has 1 aromatic rings. The van der Waals surface area contributed by atoms with Crippen molar-refractivity contribution < 1.29 is 0 Å². The second kappa shape index (κ2) is 2.37. The van der Waals surface area contributed by atoms with Gasteiger partial charge in [0.25, 0.3) is 0 Å². The number of aromatic nitrogens is 1. The van der Waals surface area contributed by atoms with Crippen molar-refractivity contribution in [2.24, 2.45) is 12.0 Å². The lowest BCUT2D eigenvalue weighted by Gasteiger charge is -2.09. The number of anilines is 1. The van der Waals surface area contributed by atoms with Gasteiger partial charge in [0.2, 0.25) is 0 Å². The molecule has 0 radical (unpaired) electrons. The van der Waals surface area contributed by atoms with Crippen LogP contribution in [-0.4, -0.2) is 17.5 Å². The lowest BCUT2D eigenvalue weighted by atomic mass is 10.3. The van der Waals surface area contributed by atoms with Crippen LogP contribution in [0.5, 0.6) is 0 Å². The molecular weight excluding hydrogens is 206 g/mol. The molecule has 0 amide bonds. The average molecular weight is 214 g/mol. The van der Waals surface area contributed by atoms with E-state index < -0.39 is 0 Å². The van der Waals surface area contributed by atoms with Gasteiger partial charge in [-0.15, -0.1) is 0 Å². The number of rotatable bonds is 0. The van der Waals surface area contributed by atoms with Crippen molar-refractivity contribution in [1.82, 2.24) is 4.57 Å². The summed E-state index contributed by atoms with van der Waals surface area (Å²) >= 11 is 3.45. The van der Waals surface area contributed by atoms with E-state index in [-0.39, 0.29) is 0 Å². The SMILES string of the molecule is Cn1cc(Br)c2c1NCN=C2. The molecule has 4 heteroatoms. The summed E-state index contributed by atoms with van der Waals surface area (Å²) in [5, 5.41) is 3.19. The average Bonchev–Trinajstić information content (AvgIpc) is 2.30. The molecule has 1 aliphatic rings. The largest absolute Gasteiger partial charge is 0.352 e. The molecule has 0 bridgehead atoms. The zero-order chi connectivity index (χ0) is 7.84. The number of nitrogens with zero attached hydrogens (tertiary/aromatic N) is 2. The number of halogens is 1. The highest BCUT2D eigenvalue weighted by Gasteiger charge is 2.11. The molecular formula is C7H8BrN3. The van der Waals surface area contributed by atoms with Crippen LogP contribution in [0.4, 0.5) is 5.82 Å². The fourth-order valence-corrected chi connectivity index (χ4v) is 1.80. The summed E-state index contributed by atoms with van der Waals surface area (Å²) < 4.78 is 3.14. The summed E-state index contributed by atoms with van der Waals surface area (Å²) in [6.45, 7) is 0.678. The van der Waals surface area contributed by atoms with Gasteiger partial charge < -0.3 is 9.88 Å². The fourth-order valence-electron chi connectivity index (χ4n) is 1.21. The molecule has 0 saturated heterocycles. The van der Waals surface area contributed by atoms with Crippen LogP contribution >= 0.6 is 15.9 Å². The van der Waals surface area contributed by atoms with Gasteiger partial charge in [-0.25, -0.2) is 0 Å². The van der Waals surface area contributed by atoms with Gasteiger partial charge in [-0.05, 0) is 15.9 Å². The molecule has 0 aromatic carbocycles. The third-order valence-corrected chi connectivity index (χ3v) is 2.36. The minimum Gasteiger partial charge on any atom is -0.352 e. The first kappa shape index (κ1) is 6.91. The van der Waals surface area contributed by atoms with E-state index in [9.17, 15) is 0 Å². The van der Waals surface area contributed by atoms with E-state index in [4.69, 9.17) is 0 Å². The summed E-state index contributed by atoms with van der Waals surface area (Å²) in [4.78, 5) is 4.11. The van der Waals surface area contributed by atoms with E-state index in [0.29, 0.717) is 6.67 Å². The minimum absolute atomic E-state index is 0.678. The van der Waals surface area contributed by atoms with Crippen LogP contribution in [0.1, 0.15) is 5.56 Å². The predicted molar refractivity (Wildman–Crippen MR) is 49.2 cm³/mol. The molecule has 0 aliphatic carbocycles. The standard InChI is InChI=1S/C7H8BrN3/c1-11-3-6(8)5-2-9-4-10-7(5)11/h2-3,10H,4H2,1H3. The van der Waals surface area contributed by atoms with Gasteiger partial charge in [0.05, 0.1) is 0 Å². The second-order valence-electron chi connectivity index (χ2n) is 2.50. The van der Waals surface area contributed by atoms with Crippen molar-refractivity contribution in [3.05, 3.63) is 16.2 Å². The third kappa shape index (κ3) is 0.976. The zero-order valence-electron chi connectivity index (χ0n) is 6.13. The molecule has 0 unspecified atom stereocenters. The summed E-state index contributed by atoms with van der Waals surface area (Å²) in [5.74, 6) is 1.13. The number of fused-ring (bicyclic) bond motifs is 1. The number of hydrogen-bond acceptors (Lipinski definition) is 2. The van der Waals surface area contributed by atoms with E-state index in [0.717, 1.165) is 15.9 Å². The van der Waals surface area contributed by atoms with Gasteiger partial charge in [0.15, 0.2) is 0 Å². The molecule has 58 valence electrons. The maximum atomic E-state index is 4.11. The van der Waals surface area contributed by atoms with Gasteiger partial charge in [0.1, 0.15) is 12.5 Å². The highest BCUT2D eigenvalue weighted by molar-refractivity contribution is 9.10. The van der Waals surface area contributed by atoms with Gasteiger partial charge in [0, 0.05) is 29.5 Å². The first-order chi connectivity index (χ1) is 5.29. The molecule has 11 heavy (non-hydrogen) atoms. The quantitative estimate of drug-likeness (QED) is 0.698. The number of nitrogens with one attached hydrogen (secondary N) is 1. The summed E-state index contributed by atoms with van der Waals surface area (Å²) in [7, 11) is 2.01. The summed E-state index contributed by atoms with van der Waals surface area (Å²) in [6, 6.07) is 0. The zero-order valence-corrected chi connectivity index (χ0v) is 7.72. The summed E-state index contributed by atoms with van der Waals surface area (Å²) in [5.41, 5.74) is 1.14. The Balaban J connectivity index is 2.63. The molecule has 0 spiro atoms. The van der Waals surface area contributed by atoms with E-state index in [1.54, 1.807) is 0 Å². The van der Waals surface area contributed by atoms with Gasteiger partial charge in [-0.2, -0.15) is 0 Å². The fraction of sp³-hybridized carbons (Fsp3) is 0.286. The number of aliphatic imine (C=N–C) groups is 1. The maximum Gasteiger partial charge on any atom is 0.117 e. The van der Waals surface area contributed by atoms with Gasteiger partial charge in [-0.1, -0.05) is 0 Å². The Kier molecular flexibility index (Phi) is 1.49. The van der Waals surface area contributed by atoms with Crippen LogP contribution < -0.4 is 5.32 Å². The molecule has 1 aromatic heterocycles. The highest BCUT2D eigenvalue weighted by Crippen LogP contribution is 2.26. The Morgan fingerprint density at radius 2 is 2.55 bits per heavy atom. The monoisotopic (exact) mass is 213 g/mol. The molecule has 1 aliphatic heterocycles. The van der Waals surface area contributed by atoms with Crippen LogP contribution in [0.25, 0.3) is 0 Å². The van der Waals surface area contributed by atoms with E-state index >= 15 is 0 Å². The van der Waals surface area contributed by atoms with Crippen molar-refractivity contribution in [3.63, 3.8) is 0 Å². The first-order valence-corrected chi connectivity index (χ1v) is 4.17. The van der Waals surface area contributed by atoms with Crippen LogP contribution in [0, 0.1) is 0 Å². The Morgan fingerprint density at radius 3 is 3.27 bits per heavy atom. The van der Waals surface area contributed by atoms with Crippen molar-refractivity contribution in [1.29, 1.82) is 0 Å². The molecule has 1 N–H and O–H groups in total. The first-order valence-electron chi connectivity index (χ1n) is 3.37. The highest BCUT2D eigenvalue weighted by atomic mass is 79.9. The third-order valence-electron chi connectivity index (χ3n) is 1.73. The second-order valence-corrected chi connectivity index (χ2v) is 3.35. The maximum absolute atomic E-state index is 4.11. The molecule has 0 fully saturated rings. The normalized spacial score (nSPS) is 14.4. The van der Waals surface area contributed by atoms with Crippen molar-refractivity contribution >= 4 is 28.0 Å². The Bertz CT molecular complexity index is 314. The van der Waals surface area contributed by atoms with E-state index in [1.165, 1.54) is 0 Å². The lowest BCUT2D eigenvalue weighted by molar-refractivity contribution is 0.912. The van der Waals surface area contributed by atoms with Gasteiger partial charge >= 0.3 is 0 Å². The van der Waals surface area contributed by atoms with Crippen LogP contribution in [0.15, 0.2) is 15.7 Å². The van der Waals surface area contributed by atoms with Crippen molar-refractivity contribution in [3.8, 4) is 0 Å². The Labute approximate surface area is 73.3 Å². The molecule has 2 heterocycles. The lowest BCUT2D eigenvalue weighted by Crippen LogP contribution is -2.09. The van der Waals surface area contributed by atoms with Crippen LogP contribution in [-0.2, 0) is 7.05 Å². The Morgan fingerprint density at radius 1 is 1.73 bits per heavy atom. The predicted octanol–water partition coefficient (Wildman–Crippen LogP) is 1.59. The Hall–Kier alpha value is -0.770. The summed E-state index contributed by atoms with van der Waals surface area (Å²) in [6.07, 6.45) is 3.91.